The van der Waals surface area contributed by atoms with Gasteiger partial charge in [0, 0.05) is 9.26 Å². The van der Waals surface area contributed by atoms with Crippen molar-refractivity contribution in [1.82, 2.24) is 9.55 Å². The minimum absolute atomic E-state index is 0.172. The Morgan fingerprint density at radius 2 is 2.03 bits per heavy atom. The van der Waals surface area contributed by atoms with Crippen molar-refractivity contribution in [2.75, 3.05) is 5.32 Å². The van der Waals surface area contributed by atoms with Gasteiger partial charge in [0.05, 0.1) is 17.8 Å². The Labute approximate surface area is 185 Å². The molecule has 0 radical (unpaired) electrons. The second-order valence-electron chi connectivity index (χ2n) is 6.88. The highest BCUT2D eigenvalue weighted by Crippen LogP contribution is 2.27. The summed E-state index contributed by atoms with van der Waals surface area (Å²) < 4.78 is 7.56. The van der Waals surface area contributed by atoms with Crippen molar-refractivity contribution >= 4 is 61.7 Å². The van der Waals surface area contributed by atoms with Crippen LogP contribution in [0.25, 0.3) is 10.2 Å². The Morgan fingerprint density at radius 1 is 1.31 bits per heavy atom. The summed E-state index contributed by atoms with van der Waals surface area (Å²) in [6.07, 6.45) is 1.07. The minimum Gasteiger partial charge on any atom is -0.459 e. The predicted octanol–water partition coefficient (Wildman–Crippen LogP) is 3.88. The number of benzene rings is 1. The maximum atomic E-state index is 12.9. The molecule has 7 nitrogen and oxygen atoms in total. The SMILES string of the molecule is Cc1cc(I)ccc1NC(=O)Cn1cnc2sc(C(=O)OC(C)C)c(C)c2c1=O. The number of nitrogens with one attached hydrogen (secondary N) is 1. The molecule has 0 saturated carbocycles. The topological polar surface area (TPSA) is 90.3 Å². The molecule has 0 bridgehead atoms. The summed E-state index contributed by atoms with van der Waals surface area (Å²) in [5.74, 6) is -0.803. The number of esters is 1. The molecule has 1 amide bonds. The lowest BCUT2D eigenvalue weighted by molar-refractivity contribution is -0.116. The van der Waals surface area contributed by atoms with Crippen LogP contribution in [0.1, 0.15) is 34.6 Å². The normalized spacial score (nSPS) is 11.1. The molecule has 3 aromatic rings. The third-order valence-corrected chi connectivity index (χ3v) is 6.07. The molecule has 29 heavy (non-hydrogen) atoms. The first-order valence-corrected chi connectivity index (χ1v) is 10.8. The quantitative estimate of drug-likeness (QED) is 0.404. The molecule has 9 heteroatoms. The number of halogens is 1. The van der Waals surface area contributed by atoms with Gasteiger partial charge in [-0.25, -0.2) is 9.78 Å². The maximum Gasteiger partial charge on any atom is 0.348 e. The maximum absolute atomic E-state index is 12.9. The average molecular weight is 525 g/mol. The number of thiophene rings is 1. The van der Waals surface area contributed by atoms with Crippen molar-refractivity contribution in [2.45, 2.75) is 40.3 Å². The number of ether oxygens (including phenoxy) is 1. The van der Waals surface area contributed by atoms with Crippen LogP contribution in [0.2, 0.25) is 0 Å². The Morgan fingerprint density at radius 3 is 2.69 bits per heavy atom. The molecule has 2 aromatic heterocycles. The van der Waals surface area contributed by atoms with Crippen molar-refractivity contribution in [3.8, 4) is 0 Å². The third kappa shape index (κ3) is 4.67. The van der Waals surface area contributed by atoms with Crippen LogP contribution < -0.4 is 10.9 Å². The minimum atomic E-state index is -0.474. The summed E-state index contributed by atoms with van der Waals surface area (Å²) in [5.41, 5.74) is 1.80. The van der Waals surface area contributed by atoms with Gasteiger partial charge in [0.1, 0.15) is 16.3 Å². The molecule has 0 atom stereocenters. The molecule has 2 heterocycles. The zero-order valence-electron chi connectivity index (χ0n) is 16.4. The molecule has 0 fully saturated rings. The van der Waals surface area contributed by atoms with E-state index in [1.54, 1.807) is 20.8 Å². The second-order valence-corrected chi connectivity index (χ2v) is 9.12. The van der Waals surface area contributed by atoms with Crippen LogP contribution in [0.5, 0.6) is 0 Å². The Hall–Kier alpha value is -2.27. The summed E-state index contributed by atoms with van der Waals surface area (Å²) in [6, 6.07) is 5.69. The number of aryl methyl sites for hydroxylation is 2. The predicted molar refractivity (Wildman–Crippen MR) is 122 cm³/mol. The number of carbonyl (C=O) groups is 2. The van der Waals surface area contributed by atoms with E-state index in [1.165, 1.54) is 10.9 Å². The van der Waals surface area contributed by atoms with E-state index in [0.29, 0.717) is 26.3 Å². The number of carbonyl (C=O) groups excluding carboxylic acids is 2. The largest absolute Gasteiger partial charge is 0.459 e. The lowest BCUT2D eigenvalue weighted by atomic mass is 10.2. The van der Waals surface area contributed by atoms with E-state index >= 15 is 0 Å². The standard InChI is InChI=1S/C20H20IN3O4S/c1-10(2)28-20(27)17-12(4)16-18(29-17)22-9-24(19(16)26)8-15(25)23-14-6-5-13(21)7-11(14)3/h5-7,9-10H,8H2,1-4H3,(H,23,25). The van der Waals surface area contributed by atoms with Gasteiger partial charge in [0.2, 0.25) is 5.91 Å². The molecule has 0 aliphatic heterocycles. The molecular weight excluding hydrogens is 505 g/mol. The van der Waals surface area contributed by atoms with E-state index in [-0.39, 0.29) is 24.1 Å². The number of amides is 1. The van der Waals surface area contributed by atoms with Crippen molar-refractivity contribution in [3.05, 3.63) is 54.5 Å². The van der Waals surface area contributed by atoms with Gasteiger partial charge >= 0.3 is 5.97 Å². The fourth-order valence-electron chi connectivity index (χ4n) is 2.85. The number of hydrogen-bond donors (Lipinski definition) is 1. The first kappa shape index (κ1) is 21.4. The smallest absolute Gasteiger partial charge is 0.348 e. The summed E-state index contributed by atoms with van der Waals surface area (Å²) in [4.78, 5) is 42.7. The molecule has 0 spiro atoms. The van der Waals surface area contributed by atoms with E-state index in [1.807, 2.05) is 25.1 Å². The van der Waals surface area contributed by atoms with E-state index in [9.17, 15) is 14.4 Å². The van der Waals surface area contributed by atoms with Crippen LogP contribution in [-0.4, -0.2) is 27.5 Å². The van der Waals surface area contributed by atoms with E-state index in [2.05, 4.69) is 32.9 Å². The molecule has 0 unspecified atom stereocenters. The summed E-state index contributed by atoms with van der Waals surface area (Å²) >= 11 is 3.33. The van der Waals surface area contributed by atoms with Gasteiger partial charge in [-0.1, -0.05) is 0 Å². The molecule has 3 rings (SSSR count). The fraction of sp³-hybridized carbons (Fsp3) is 0.300. The number of nitrogens with zero attached hydrogens (tertiary/aromatic N) is 2. The third-order valence-electron chi connectivity index (χ3n) is 4.22. The van der Waals surface area contributed by atoms with Gasteiger partial charge in [-0.3, -0.25) is 14.2 Å². The number of hydrogen-bond acceptors (Lipinski definition) is 6. The van der Waals surface area contributed by atoms with Gasteiger partial charge in [0.25, 0.3) is 5.56 Å². The number of fused-ring (bicyclic) bond motifs is 1. The van der Waals surface area contributed by atoms with Crippen LogP contribution in [0.4, 0.5) is 5.69 Å². The highest BCUT2D eigenvalue weighted by Gasteiger charge is 2.21. The average Bonchev–Trinajstić information content (AvgIpc) is 2.97. The molecule has 0 aliphatic carbocycles. The summed E-state index contributed by atoms with van der Waals surface area (Å²) in [5, 5.41) is 3.16. The first-order chi connectivity index (χ1) is 13.7. The zero-order valence-corrected chi connectivity index (χ0v) is 19.4. The van der Waals surface area contributed by atoms with Crippen LogP contribution >= 0.6 is 33.9 Å². The lowest BCUT2D eigenvalue weighted by Crippen LogP contribution is -2.28. The molecular formula is C20H20IN3O4S. The van der Waals surface area contributed by atoms with Crippen LogP contribution in [-0.2, 0) is 16.1 Å². The Bertz CT molecular complexity index is 1170. The van der Waals surface area contributed by atoms with Crippen molar-refractivity contribution < 1.29 is 14.3 Å². The lowest BCUT2D eigenvalue weighted by Gasteiger charge is -2.10. The van der Waals surface area contributed by atoms with Crippen molar-refractivity contribution in [3.63, 3.8) is 0 Å². The number of aromatic nitrogens is 2. The molecule has 152 valence electrons. The van der Waals surface area contributed by atoms with Gasteiger partial charge in [-0.2, -0.15) is 0 Å². The van der Waals surface area contributed by atoms with Gasteiger partial charge in [-0.15, -0.1) is 11.3 Å². The zero-order chi connectivity index (χ0) is 21.3. The molecule has 0 saturated heterocycles. The molecule has 0 aliphatic rings. The fourth-order valence-corrected chi connectivity index (χ4v) is 4.52. The summed E-state index contributed by atoms with van der Waals surface area (Å²) in [7, 11) is 0. The van der Waals surface area contributed by atoms with Crippen LogP contribution in [0, 0.1) is 17.4 Å². The van der Waals surface area contributed by atoms with Crippen molar-refractivity contribution in [2.24, 2.45) is 0 Å². The van der Waals surface area contributed by atoms with E-state index < -0.39 is 5.97 Å². The first-order valence-electron chi connectivity index (χ1n) is 8.93. The van der Waals surface area contributed by atoms with Crippen LogP contribution in [0.15, 0.2) is 29.3 Å². The Kier molecular flexibility index (Phi) is 6.37. The van der Waals surface area contributed by atoms with Gasteiger partial charge in [0.15, 0.2) is 0 Å². The monoisotopic (exact) mass is 525 g/mol. The number of rotatable bonds is 5. The van der Waals surface area contributed by atoms with Gasteiger partial charge in [-0.05, 0) is 79.6 Å². The highest BCUT2D eigenvalue weighted by molar-refractivity contribution is 14.1. The highest BCUT2D eigenvalue weighted by atomic mass is 127. The van der Waals surface area contributed by atoms with Gasteiger partial charge < -0.3 is 10.1 Å². The molecule has 1 N–H and O–H groups in total. The van der Waals surface area contributed by atoms with Crippen LogP contribution in [0.3, 0.4) is 0 Å². The van der Waals surface area contributed by atoms with E-state index in [0.717, 1.165) is 20.5 Å². The number of anilines is 1. The van der Waals surface area contributed by atoms with E-state index in [4.69, 9.17) is 4.74 Å². The summed E-state index contributed by atoms with van der Waals surface area (Å²) in [6.45, 7) is 6.95. The van der Waals surface area contributed by atoms with Crippen molar-refractivity contribution in [1.29, 1.82) is 0 Å². The Balaban J connectivity index is 1.87. The second kappa shape index (κ2) is 8.62. The molecule has 1 aromatic carbocycles.